The van der Waals surface area contributed by atoms with Crippen LogP contribution in [0.25, 0.3) is 0 Å². The molecular weight excluding hydrogens is 276 g/mol. The topological polar surface area (TPSA) is 12.0 Å². The summed E-state index contributed by atoms with van der Waals surface area (Å²) in [5.41, 5.74) is 2.13. The molecule has 106 valence electrons. The molecule has 0 aliphatic heterocycles. The van der Waals surface area contributed by atoms with Crippen LogP contribution in [0.15, 0.2) is 24.3 Å². The molecule has 0 amide bonds. The van der Waals surface area contributed by atoms with Crippen molar-refractivity contribution < 1.29 is 8.78 Å². The highest BCUT2D eigenvalue weighted by Crippen LogP contribution is 2.30. The quantitative estimate of drug-likeness (QED) is 0.883. The molecule has 0 bridgehead atoms. The van der Waals surface area contributed by atoms with Gasteiger partial charge in [0, 0.05) is 28.4 Å². The Morgan fingerprint density at radius 3 is 2.60 bits per heavy atom. The van der Waals surface area contributed by atoms with E-state index in [-0.39, 0.29) is 6.04 Å². The Balaban J connectivity index is 1.65. The van der Waals surface area contributed by atoms with Gasteiger partial charge in [-0.15, -0.1) is 11.3 Å². The first-order chi connectivity index (χ1) is 9.61. The summed E-state index contributed by atoms with van der Waals surface area (Å²) in [6.07, 6.45) is 3.66. The summed E-state index contributed by atoms with van der Waals surface area (Å²) in [6, 6.07) is 5.86. The van der Waals surface area contributed by atoms with E-state index in [9.17, 15) is 8.78 Å². The zero-order chi connectivity index (χ0) is 14.1. The van der Waals surface area contributed by atoms with E-state index in [0.29, 0.717) is 5.56 Å². The van der Waals surface area contributed by atoms with Gasteiger partial charge in [-0.05, 0) is 55.5 Å². The molecule has 0 spiro atoms. The van der Waals surface area contributed by atoms with Gasteiger partial charge in [0.1, 0.15) is 11.6 Å². The number of fused-ring (bicyclic) bond motifs is 1. The molecular formula is C16H17F2NS. The van der Waals surface area contributed by atoms with Gasteiger partial charge < -0.3 is 5.32 Å². The van der Waals surface area contributed by atoms with Crippen molar-refractivity contribution in [3.63, 3.8) is 0 Å². The first-order valence-corrected chi connectivity index (χ1v) is 7.73. The van der Waals surface area contributed by atoms with E-state index in [1.165, 1.54) is 46.7 Å². The molecule has 1 aliphatic carbocycles. The lowest BCUT2D eigenvalue weighted by Gasteiger charge is -2.14. The average molecular weight is 293 g/mol. The first kappa shape index (κ1) is 13.7. The maximum atomic E-state index is 13.2. The Morgan fingerprint density at radius 2 is 1.90 bits per heavy atom. The number of halogens is 2. The molecule has 1 aromatic carbocycles. The van der Waals surface area contributed by atoms with Gasteiger partial charge in [-0.1, -0.05) is 0 Å². The Morgan fingerprint density at radius 1 is 1.15 bits per heavy atom. The Bertz CT molecular complexity index is 579. The summed E-state index contributed by atoms with van der Waals surface area (Å²) in [6.45, 7) is 2.67. The average Bonchev–Trinajstić information content (AvgIpc) is 2.95. The third kappa shape index (κ3) is 2.91. The fourth-order valence-electron chi connectivity index (χ4n) is 2.67. The highest BCUT2D eigenvalue weighted by molar-refractivity contribution is 7.12. The number of rotatable bonds is 4. The maximum absolute atomic E-state index is 13.2. The van der Waals surface area contributed by atoms with E-state index in [4.69, 9.17) is 0 Å². The minimum Gasteiger partial charge on any atom is -0.305 e. The molecule has 0 saturated heterocycles. The number of aryl methyl sites for hydroxylation is 2. The fraction of sp³-hybridized carbons (Fsp3) is 0.375. The predicted octanol–water partition coefficient (Wildman–Crippen LogP) is 4.37. The smallest absolute Gasteiger partial charge is 0.126 e. The number of nitrogens with one attached hydrogen (secondary N) is 1. The molecule has 0 radical (unpaired) electrons. The third-order valence-electron chi connectivity index (χ3n) is 3.76. The molecule has 20 heavy (non-hydrogen) atoms. The van der Waals surface area contributed by atoms with Gasteiger partial charge in [-0.25, -0.2) is 8.78 Å². The lowest BCUT2D eigenvalue weighted by molar-refractivity contribution is 0.547. The van der Waals surface area contributed by atoms with Crippen molar-refractivity contribution in [3.8, 4) is 0 Å². The predicted molar refractivity (Wildman–Crippen MR) is 78.0 cm³/mol. The van der Waals surface area contributed by atoms with E-state index in [1.807, 2.05) is 18.3 Å². The van der Waals surface area contributed by atoms with Crippen molar-refractivity contribution in [1.82, 2.24) is 5.32 Å². The van der Waals surface area contributed by atoms with Gasteiger partial charge in [0.15, 0.2) is 0 Å². The van der Waals surface area contributed by atoms with E-state index >= 15 is 0 Å². The Hall–Kier alpha value is -1.26. The van der Waals surface area contributed by atoms with Crippen molar-refractivity contribution in [2.75, 3.05) is 0 Å². The van der Waals surface area contributed by atoms with Gasteiger partial charge in [0.2, 0.25) is 0 Å². The highest BCUT2D eigenvalue weighted by atomic mass is 32.1. The summed E-state index contributed by atoms with van der Waals surface area (Å²) in [5.74, 6) is -1.05. The maximum Gasteiger partial charge on any atom is 0.126 e. The van der Waals surface area contributed by atoms with Crippen LogP contribution in [0.1, 0.15) is 40.3 Å². The van der Waals surface area contributed by atoms with E-state index in [0.717, 1.165) is 12.6 Å². The van der Waals surface area contributed by atoms with E-state index in [1.54, 1.807) is 0 Å². The largest absolute Gasteiger partial charge is 0.305 e. The molecule has 0 fully saturated rings. The highest BCUT2D eigenvalue weighted by Gasteiger charge is 2.15. The fourth-order valence-corrected chi connectivity index (χ4v) is 3.89. The number of hydrogen-bond acceptors (Lipinski definition) is 2. The first-order valence-electron chi connectivity index (χ1n) is 6.91. The van der Waals surface area contributed by atoms with Crippen LogP contribution in [0, 0.1) is 11.6 Å². The van der Waals surface area contributed by atoms with Gasteiger partial charge in [0.05, 0.1) is 0 Å². The van der Waals surface area contributed by atoms with Crippen molar-refractivity contribution in [2.45, 2.75) is 38.8 Å². The summed E-state index contributed by atoms with van der Waals surface area (Å²) < 4.78 is 26.4. The standard InChI is InChI=1S/C16H17F2NS/c1-10(12-5-13(17)8-14(18)6-12)19-9-15-7-11-3-2-4-16(11)20-15/h5-8,10,19H,2-4,9H2,1H3. The molecule has 1 unspecified atom stereocenters. The van der Waals surface area contributed by atoms with Gasteiger partial charge in [-0.2, -0.15) is 0 Å². The molecule has 0 saturated carbocycles. The minimum atomic E-state index is -0.524. The van der Waals surface area contributed by atoms with Crippen molar-refractivity contribution in [1.29, 1.82) is 0 Å². The van der Waals surface area contributed by atoms with E-state index in [2.05, 4.69) is 11.4 Å². The SMILES string of the molecule is CC(NCc1cc2c(s1)CCC2)c1cc(F)cc(F)c1. The van der Waals surface area contributed by atoms with Crippen LogP contribution in [0.3, 0.4) is 0 Å². The number of hydrogen-bond donors (Lipinski definition) is 1. The summed E-state index contributed by atoms with van der Waals surface area (Å²) in [7, 11) is 0. The minimum absolute atomic E-state index is 0.0721. The molecule has 2 aromatic rings. The number of thiophene rings is 1. The second-order valence-corrected chi connectivity index (χ2v) is 6.54. The summed E-state index contributed by atoms with van der Waals surface area (Å²) in [5, 5.41) is 3.34. The second kappa shape index (κ2) is 5.62. The zero-order valence-electron chi connectivity index (χ0n) is 11.4. The number of benzene rings is 1. The molecule has 1 aromatic heterocycles. The third-order valence-corrected chi connectivity index (χ3v) is 5.00. The molecule has 4 heteroatoms. The normalized spacial score (nSPS) is 15.3. The molecule has 1 atom stereocenters. The molecule has 1 heterocycles. The van der Waals surface area contributed by atoms with Crippen LogP contribution < -0.4 is 5.32 Å². The summed E-state index contributed by atoms with van der Waals surface area (Å²) in [4.78, 5) is 2.81. The monoisotopic (exact) mass is 293 g/mol. The summed E-state index contributed by atoms with van der Waals surface area (Å²) >= 11 is 1.85. The van der Waals surface area contributed by atoms with Gasteiger partial charge >= 0.3 is 0 Å². The van der Waals surface area contributed by atoms with Crippen LogP contribution in [-0.4, -0.2) is 0 Å². The van der Waals surface area contributed by atoms with Crippen LogP contribution in [0.2, 0.25) is 0 Å². The lowest BCUT2D eigenvalue weighted by atomic mass is 10.1. The van der Waals surface area contributed by atoms with Crippen molar-refractivity contribution >= 4 is 11.3 Å². The van der Waals surface area contributed by atoms with Crippen molar-refractivity contribution in [3.05, 3.63) is 56.8 Å². The van der Waals surface area contributed by atoms with Gasteiger partial charge in [-0.3, -0.25) is 0 Å². The Labute approximate surface area is 121 Å². The van der Waals surface area contributed by atoms with Crippen LogP contribution >= 0.6 is 11.3 Å². The van der Waals surface area contributed by atoms with Crippen LogP contribution in [0.5, 0.6) is 0 Å². The molecule has 1 nitrogen and oxygen atoms in total. The van der Waals surface area contributed by atoms with E-state index < -0.39 is 11.6 Å². The second-order valence-electron chi connectivity index (χ2n) is 5.32. The Kier molecular flexibility index (Phi) is 3.85. The molecule has 3 rings (SSSR count). The molecule has 1 aliphatic rings. The van der Waals surface area contributed by atoms with Gasteiger partial charge in [0.25, 0.3) is 0 Å². The zero-order valence-corrected chi connectivity index (χ0v) is 12.2. The lowest BCUT2D eigenvalue weighted by Crippen LogP contribution is -2.17. The molecule has 1 N–H and O–H groups in total. The van der Waals surface area contributed by atoms with Crippen molar-refractivity contribution in [2.24, 2.45) is 0 Å². The van der Waals surface area contributed by atoms with Crippen LogP contribution in [-0.2, 0) is 19.4 Å². The van der Waals surface area contributed by atoms with Crippen LogP contribution in [0.4, 0.5) is 8.78 Å².